The molecule has 8 heavy (non-hydrogen) atoms. The van der Waals surface area contributed by atoms with Crippen molar-refractivity contribution >= 4 is 38.8 Å². The van der Waals surface area contributed by atoms with Crippen molar-refractivity contribution in [1.29, 1.82) is 0 Å². The molecule has 0 fully saturated rings. The molecule has 44 valence electrons. The smallest absolute Gasteiger partial charge is 0 e. The van der Waals surface area contributed by atoms with Gasteiger partial charge in [-0.15, -0.1) is 0 Å². The van der Waals surface area contributed by atoms with Gasteiger partial charge in [0.1, 0.15) is 0 Å². The van der Waals surface area contributed by atoms with E-state index in [-0.39, 0.29) is 97.7 Å². The van der Waals surface area contributed by atoms with Crippen LogP contribution in [0.4, 0.5) is 0 Å². The molecule has 0 atom stereocenters. The van der Waals surface area contributed by atoms with Gasteiger partial charge in [0.05, 0.1) is 0 Å². The van der Waals surface area contributed by atoms with Crippen molar-refractivity contribution < 1.29 is 51.5 Å². The predicted molar refractivity (Wildman–Crippen MR) is 29.7 cm³/mol. The Kier molecular flexibility index (Phi) is 3080. The summed E-state index contributed by atoms with van der Waals surface area (Å²) in [6, 6.07) is 0. The largest absolute Gasteiger partial charge is 0.0776 e. The molecule has 0 rings (SSSR count). The van der Waals surface area contributed by atoms with Crippen LogP contribution in [0.2, 0.25) is 0 Å². The molecule has 14 radical (unpaired) electrons. The Morgan fingerprint density at radius 1 is 0.625 bits per heavy atom. The van der Waals surface area contributed by atoms with Gasteiger partial charge in [-0.05, 0) is 0 Å². The van der Waals surface area contributed by atoms with Crippen LogP contribution in [0.15, 0.2) is 0 Å². The minimum atomic E-state index is 0. The third kappa shape index (κ3) is 90.9. The van der Waals surface area contributed by atoms with E-state index < -0.39 is 0 Å². The molecule has 0 aliphatic heterocycles. The summed E-state index contributed by atoms with van der Waals surface area (Å²) in [5.74, 6) is 0. The summed E-state index contributed by atoms with van der Waals surface area (Å²) in [7, 11) is 0. The molecule has 0 heterocycles. The first kappa shape index (κ1) is 186. The molecule has 0 aliphatic carbocycles. The van der Waals surface area contributed by atoms with Gasteiger partial charge in [0.15, 0.2) is 0 Å². The van der Waals surface area contributed by atoms with E-state index in [9.17, 15) is 0 Å². The third-order valence-corrected chi connectivity index (χ3v) is 0. The first-order valence-electron chi connectivity index (χ1n) is 0. The molecule has 0 aromatic carbocycles. The molecule has 0 bridgehead atoms. The Labute approximate surface area is 97.0 Å². The van der Waals surface area contributed by atoms with Crippen LogP contribution in [0.3, 0.4) is 0 Å². The zero-order valence-corrected chi connectivity index (χ0v) is 8.75. The summed E-state index contributed by atoms with van der Waals surface area (Å²) in [5.41, 5.74) is 0. The van der Waals surface area contributed by atoms with Gasteiger partial charge in [0, 0.05) is 90.3 Å². The van der Waals surface area contributed by atoms with Crippen molar-refractivity contribution in [2.45, 2.75) is 7.43 Å². The summed E-state index contributed by atoms with van der Waals surface area (Å²) in [5, 5.41) is 0. The Balaban J connectivity index is 0. The average Bonchev–Trinajstić information content (AvgIpc) is 0. The normalized spacial score (nSPS) is 0. The van der Waals surface area contributed by atoms with Crippen molar-refractivity contribution in [2.75, 3.05) is 0 Å². The molecule has 0 aromatic rings. The molecular formula is CH4B2CrFe2Si2. The molecule has 0 nitrogen and oxygen atoms in total. The maximum absolute atomic E-state index is 0. The third-order valence-electron chi connectivity index (χ3n) is 0. The van der Waals surface area contributed by atoms with Gasteiger partial charge < -0.3 is 0 Å². The molecule has 0 aromatic heterocycles. The zero-order valence-electron chi connectivity index (χ0n) is 3.27. The fraction of sp³-hybridized carbons (Fsp3) is 1.00. The van der Waals surface area contributed by atoms with Crippen molar-refractivity contribution in [3.63, 3.8) is 0 Å². The molecule has 0 N–H and O–H groups in total. The average molecular weight is 258 g/mol. The Morgan fingerprint density at radius 3 is 0.625 bits per heavy atom. The molecule has 0 aliphatic rings. The fourth-order valence-corrected chi connectivity index (χ4v) is 0. The maximum atomic E-state index is 0. The van der Waals surface area contributed by atoms with E-state index in [1.54, 1.807) is 0 Å². The van der Waals surface area contributed by atoms with Crippen LogP contribution in [0.1, 0.15) is 7.43 Å². The van der Waals surface area contributed by atoms with Crippen LogP contribution in [0, 0.1) is 0 Å². The summed E-state index contributed by atoms with van der Waals surface area (Å²) in [6.07, 6.45) is 0. The van der Waals surface area contributed by atoms with Crippen LogP contribution in [-0.2, 0) is 51.5 Å². The molecular weight excluding hydrogens is 253 g/mol. The summed E-state index contributed by atoms with van der Waals surface area (Å²) < 4.78 is 0. The van der Waals surface area contributed by atoms with Crippen molar-refractivity contribution in [2.24, 2.45) is 0 Å². The van der Waals surface area contributed by atoms with Gasteiger partial charge in [-0.1, -0.05) is 7.43 Å². The molecule has 0 saturated carbocycles. The molecule has 0 unspecified atom stereocenters. The number of hydrogen-bond donors (Lipinski definition) is 0. The topological polar surface area (TPSA) is 0 Å². The Hall–Kier alpha value is 2.14. The van der Waals surface area contributed by atoms with Crippen LogP contribution in [0.5, 0.6) is 0 Å². The van der Waals surface area contributed by atoms with Gasteiger partial charge in [0.25, 0.3) is 0 Å². The van der Waals surface area contributed by atoms with Crippen molar-refractivity contribution in [3.05, 3.63) is 0 Å². The van der Waals surface area contributed by atoms with Crippen LogP contribution in [0.25, 0.3) is 0 Å². The number of hydrogen-bond acceptors (Lipinski definition) is 0. The second-order valence-electron chi connectivity index (χ2n) is 0. The summed E-state index contributed by atoms with van der Waals surface area (Å²) in [4.78, 5) is 0. The van der Waals surface area contributed by atoms with E-state index in [4.69, 9.17) is 0 Å². The monoisotopic (exact) mass is 258 g/mol. The zero-order chi connectivity index (χ0) is 0. The SMILES string of the molecule is C.[B].[B].[Cr].[Fe].[Fe].[Si].[Si]. The van der Waals surface area contributed by atoms with E-state index >= 15 is 0 Å². The molecule has 0 saturated heterocycles. The van der Waals surface area contributed by atoms with E-state index in [1.807, 2.05) is 0 Å². The predicted octanol–water partition coefficient (Wildman–Crippen LogP) is -0.895. The van der Waals surface area contributed by atoms with E-state index in [0.717, 1.165) is 0 Å². The van der Waals surface area contributed by atoms with Gasteiger partial charge in [-0.2, -0.15) is 0 Å². The van der Waals surface area contributed by atoms with E-state index in [1.165, 1.54) is 0 Å². The minimum Gasteiger partial charge on any atom is -0.0776 e. The molecule has 0 spiro atoms. The van der Waals surface area contributed by atoms with Crippen LogP contribution in [-0.4, -0.2) is 38.8 Å². The van der Waals surface area contributed by atoms with Gasteiger partial charge in [-0.25, -0.2) is 0 Å². The first-order valence-corrected chi connectivity index (χ1v) is 0. The van der Waals surface area contributed by atoms with E-state index in [2.05, 4.69) is 0 Å². The van der Waals surface area contributed by atoms with Gasteiger partial charge in [-0.3, -0.25) is 0 Å². The number of rotatable bonds is 0. The van der Waals surface area contributed by atoms with Crippen LogP contribution < -0.4 is 0 Å². The Bertz CT molecular complexity index is 18.0. The minimum absolute atomic E-state index is 0. The van der Waals surface area contributed by atoms with Crippen LogP contribution >= 0.6 is 0 Å². The second kappa shape index (κ2) is 133. The van der Waals surface area contributed by atoms with E-state index in [0.29, 0.717) is 0 Å². The summed E-state index contributed by atoms with van der Waals surface area (Å²) >= 11 is 0. The quantitative estimate of drug-likeness (QED) is 0.494. The maximum Gasteiger partial charge on any atom is 0 e. The Morgan fingerprint density at radius 2 is 0.625 bits per heavy atom. The second-order valence-corrected chi connectivity index (χ2v) is 0. The molecule has 0 amide bonds. The summed E-state index contributed by atoms with van der Waals surface area (Å²) in [6.45, 7) is 0. The molecule has 7 heteroatoms. The first-order chi connectivity index (χ1) is 0. The van der Waals surface area contributed by atoms with Gasteiger partial charge in [0.2, 0.25) is 0 Å². The standard InChI is InChI=1S/CH4.2B.Cr.2Fe.2Si/h1H4;;;;;;;. The van der Waals surface area contributed by atoms with Crippen molar-refractivity contribution in [1.82, 2.24) is 0 Å². The fourth-order valence-electron chi connectivity index (χ4n) is 0. The van der Waals surface area contributed by atoms with Crippen molar-refractivity contribution in [3.8, 4) is 0 Å². The van der Waals surface area contributed by atoms with Gasteiger partial charge >= 0.3 is 0 Å².